The van der Waals surface area contributed by atoms with E-state index < -0.39 is 0 Å². The van der Waals surface area contributed by atoms with Crippen LogP contribution in [0.15, 0.2) is 72.9 Å². The van der Waals surface area contributed by atoms with Crippen LogP contribution in [0.25, 0.3) is 32.9 Å². The number of aromatic amines is 1. The molecule has 0 fully saturated rings. The SMILES string of the molecule is Cc1ccc(-c2ccc(CCCNc3nc(-c4ccc[nH]4)nc4sc(C)cc34)cc2)cc1. The van der Waals surface area contributed by atoms with Crippen LogP contribution in [0.3, 0.4) is 0 Å². The molecule has 0 aliphatic carbocycles. The van der Waals surface area contributed by atoms with E-state index in [0.717, 1.165) is 46.9 Å². The van der Waals surface area contributed by atoms with E-state index in [4.69, 9.17) is 9.97 Å². The monoisotopic (exact) mass is 438 g/mol. The topological polar surface area (TPSA) is 53.6 Å². The summed E-state index contributed by atoms with van der Waals surface area (Å²) in [4.78, 5) is 15.0. The molecule has 2 aromatic carbocycles. The highest BCUT2D eigenvalue weighted by Gasteiger charge is 2.12. The number of hydrogen-bond acceptors (Lipinski definition) is 4. The maximum Gasteiger partial charge on any atom is 0.179 e. The molecule has 0 spiro atoms. The summed E-state index contributed by atoms with van der Waals surface area (Å²) < 4.78 is 0. The van der Waals surface area contributed by atoms with E-state index >= 15 is 0 Å². The van der Waals surface area contributed by atoms with Gasteiger partial charge < -0.3 is 10.3 Å². The Bertz CT molecular complexity index is 1320. The lowest BCUT2D eigenvalue weighted by atomic mass is 10.0. The van der Waals surface area contributed by atoms with Crippen LogP contribution in [0.5, 0.6) is 0 Å². The van der Waals surface area contributed by atoms with Gasteiger partial charge in [-0.05, 0) is 61.6 Å². The number of benzene rings is 2. The first-order valence-electron chi connectivity index (χ1n) is 11.0. The first-order chi connectivity index (χ1) is 15.7. The molecule has 5 aromatic rings. The van der Waals surface area contributed by atoms with Gasteiger partial charge in [0.1, 0.15) is 10.6 Å². The zero-order valence-electron chi connectivity index (χ0n) is 18.4. The molecule has 0 aliphatic rings. The fraction of sp³-hybridized carbons (Fsp3) is 0.185. The number of nitrogens with one attached hydrogen (secondary N) is 2. The summed E-state index contributed by atoms with van der Waals surface area (Å²) in [6, 6.07) is 23.8. The zero-order chi connectivity index (χ0) is 21.9. The van der Waals surface area contributed by atoms with E-state index in [0.29, 0.717) is 0 Å². The van der Waals surface area contributed by atoms with E-state index in [1.54, 1.807) is 11.3 Å². The first kappa shape index (κ1) is 20.5. The second kappa shape index (κ2) is 8.97. The molecule has 0 saturated heterocycles. The van der Waals surface area contributed by atoms with E-state index in [9.17, 15) is 0 Å². The predicted octanol–water partition coefficient (Wildman–Crippen LogP) is 7.01. The average Bonchev–Trinajstić information content (AvgIpc) is 3.47. The van der Waals surface area contributed by atoms with Crippen molar-refractivity contribution < 1.29 is 0 Å². The highest BCUT2D eigenvalue weighted by atomic mass is 32.1. The summed E-state index contributed by atoms with van der Waals surface area (Å²) in [5.74, 6) is 1.65. The molecule has 0 unspecified atom stereocenters. The van der Waals surface area contributed by atoms with Crippen LogP contribution in [0.4, 0.5) is 5.82 Å². The summed E-state index contributed by atoms with van der Waals surface area (Å²) in [5, 5.41) is 4.66. The smallest absolute Gasteiger partial charge is 0.179 e. The lowest BCUT2D eigenvalue weighted by Gasteiger charge is -2.09. The molecular formula is C27H26N4S. The van der Waals surface area contributed by atoms with Gasteiger partial charge in [0.25, 0.3) is 0 Å². The molecule has 3 aromatic heterocycles. The molecule has 0 radical (unpaired) electrons. The summed E-state index contributed by atoms with van der Waals surface area (Å²) in [5.41, 5.74) is 6.11. The van der Waals surface area contributed by atoms with Crippen LogP contribution >= 0.6 is 11.3 Å². The standard InChI is InChI=1S/C27H26N4S/c1-18-7-11-21(12-8-18)22-13-9-20(10-14-22)5-3-16-29-25-23-17-19(2)32-27(23)31-26(30-25)24-6-4-15-28-24/h4,6-15,17,28H,3,5,16H2,1-2H3,(H,29,30,31). The Balaban J connectivity index is 1.24. The van der Waals surface area contributed by atoms with Crippen LogP contribution < -0.4 is 5.32 Å². The highest BCUT2D eigenvalue weighted by Crippen LogP contribution is 2.30. The molecule has 4 nitrogen and oxygen atoms in total. The number of anilines is 1. The predicted molar refractivity (Wildman–Crippen MR) is 135 cm³/mol. The van der Waals surface area contributed by atoms with E-state index in [-0.39, 0.29) is 0 Å². The molecule has 5 rings (SSSR count). The van der Waals surface area contributed by atoms with Crippen molar-refractivity contribution in [3.8, 4) is 22.6 Å². The van der Waals surface area contributed by atoms with Crippen molar-refractivity contribution >= 4 is 27.4 Å². The normalized spacial score (nSPS) is 11.2. The number of thiophene rings is 1. The molecule has 0 bridgehead atoms. The van der Waals surface area contributed by atoms with Crippen molar-refractivity contribution in [2.45, 2.75) is 26.7 Å². The number of rotatable bonds is 7. The second-order valence-corrected chi connectivity index (χ2v) is 9.38. The second-order valence-electron chi connectivity index (χ2n) is 8.15. The Morgan fingerprint density at radius 2 is 1.66 bits per heavy atom. The fourth-order valence-corrected chi connectivity index (χ4v) is 4.76. The van der Waals surface area contributed by atoms with Crippen LogP contribution in [-0.4, -0.2) is 21.5 Å². The maximum absolute atomic E-state index is 4.81. The number of H-pyrrole nitrogens is 1. The first-order valence-corrected chi connectivity index (χ1v) is 11.8. The number of fused-ring (bicyclic) bond motifs is 1. The van der Waals surface area contributed by atoms with Gasteiger partial charge in [-0.1, -0.05) is 54.1 Å². The number of nitrogens with zero attached hydrogens (tertiary/aromatic N) is 2. The number of hydrogen-bond donors (Lipinski definition) is 2. The van der Waals surface area contributed by atoms with Gasteiger partial charge in [0.2, 0.25) is 0 Å². The molecular weight excluding hydrogens is 412 g/mol. The Morgan fingerprint density at radius 3 is 2.38 bits per heavy atom. The van der Waals surface area contributed by atoms with Gasteiger partial charge in [0, 0.05) is 17.6 Å². The quantitative estimate of drug-likeness (QED) is 0.269. The summed E-state index contributed by atoms with van der Waals surface area (Å²) in [6.07, 6.45) is 3.97. The molecule has 0 atom stereocenters. The van der Waals surface area contributed by atoms with Gasteiger partial charge >= 0.3 is 0 Å². The van der Waals surface area contributed by atoms with E-state index in [1.807, 2.05) is 18.3 Å². The third-order valence-corrected chi connectivity index (χ3v) is 6.57. The van der Waals surface area contributed by atoms with Crippen LogP contribution in [-0.2, 0) is 6.42 Å². The summed E-state index contributed by atoms with van der Waals surface area (Å²) >= 11 is 1.71. The minimum absolute atomic E-state index is 0.735. The van der Waals surface area contributed by atoms with Gasteiger partial charge in [-0.2, -0.15) is 0 Å². The summed E-state index contributed by atoms with van der Waals surface area (Å²) in [6.45, 7) is 5.10. The Kier molecular flexibility index (Phi) is 5.73. The van der Waals surface area contributed by atoms with Gasteiger partial charge in [0.15, 0.2) is 5.82 Å². The van der Waals surface area contributed by atoms with E-state index in [1.165, 1.54) is 27.1 Å². The minimum Gasteiger partial charge on any atom is -0.369 e. The minimum atomic E-state index is 0.735. The van der Waals surface area contributed by atoms with Crippen molar-refractivity contribution in [1.29, 1.82) is 0 Å². The van der Waals surface area contributed by atoms with Gasteiger partial charge in [-0.25, -0.2) is 9.97 Å². The molecule has 160 valence electrons. The molecule has 0 amide bonds. The third kappa shape index (κ3) is 4.43. The molecule has 2 N–H and O–H groups in total. The number of aryl methyl sites for hydroxylation is 3. The zero-order valence-corrected chi connectivity index (χ0v) is 19.2. The Labute approximate surface area is 192 Å². The Hall–Kier alpha value is -3.44. The summed E-state index contributed by atoms with van der Waals surface area (Å²) in [7, 11) is 0. The maximum atomic E-state index is 4.81. The Morgan fingerprint density at radius 1 is 0.906 bits per heavy atom. The van der Waals surface area contributed by atoms with Crippen LogP contribution in [0.1, 0.15) is 22.4 Å². The highest BCUT2D eigenvalue weighted by molar-refractivity contribution is 7.18. The van der Waals surface area contributed by atoms with Crippen LogP contribution in [0, 0.1) is 13.8 Å². The lowest BCUT2D eigenvalue weighted by Crippen LogP contribution is -2.06. The molecule has 0 saturated carbocycles. The molecule has 0 aliphatic heterocycles. The van der Waals surface area contributed by atoms with Gasteiger partial charge in [0.05, 0.1) is 11.1 Å². The van der Waals surface area contributed by atoms with E-state index in [2.05, 4.69) is 78.7 Å². The lowest BCUT2D eigenvalue weighted by molar-refractivity contribution is 0.860. The van der Waals surface area contributed by atoms with Crippen molar-refractivity contribution in [3.63, 3.8) is 0 Å². The van der Waals surface area contributed by atoms with Crippen molar-refractivity contribution in [1.82, 2.24) is 15.0 Å². The third-order valence-electron chi connectivity index (χ3n) is 5.63. The van der Waals surface area contributed by atoms with Crippen LogP contribution in [0.2, 0.25) is 0 Å². The van der Waals surface area contributed by atoms with Crippen molar-refractivity contribution in [2.24, 2.45) is 0 Å². The van der Waals surface area contributed by atoms with Gasteiger partial charge in [-0.3, -0.25) is 0 Å². The van der Waals surface area contributed by atoms with Crippen molar-refractivity contribution in [3.05, 3.63) is 88.9 Å². The largest absolute Gasteiger partial charge is 0.369 e. The number of aromatic nitrogens is 3. The molecule has 32 heavy (non-hydrogen) atoms. The molecule has 5 heteroatoms. The van der Waals surface area contributed by atoms with Crippen molar-refractivity contribution in [2.75, 3.05) is 11.9 Å². The van der Waals surface area contributed by atoms with Gasteiger partial charge in [-0.15, -0.1) is 11.3 Å². The molecule has 3 heterocycles. The fourth-order valence-electron chi connectivity index (χ4n) is 3.88. The average molecular weight is 439 g/mol.